The van der Waals surface area contributed by atoms with Crippen molar-refractivity contribution in [2.45, 2.75) is 31.9 Å². The highest BCUT2D eigenvalue weighted by atomic mass is 32.1. The highest BCUT2D eigenvalue weighted by molar-refractivity contribution is 7.14. The molecule has 0 unspecified atom stereocenters. The van der Waals surface area contributed by atoms with Gasteiger partial charge in [-0.05, 0) is 24.3 Å². The summed E-state index contributed by atoms with van der Waals surface area (Å²) in [5.74, 6) is -1.92. The minimum atomic E-state index is -2.60. The molecule has 2 aliphatic heterocycles. The molecule has 1 aromatic carbocycles. The molecule has 0 aliphatic carbocycles. The lowest BCUT2D eigenvalue weighted by Gasteiger charge is -2.31. The van der Waals surface area contributed by atoms with Crippen molar-refractivity contribution in [3.8, 4) is 11.5 Å². The van der Waals surface area contributed by atoms with Gasteiger partial charge >= 0.3 is 0 Å². The van der Waals surface area contributed by atoms with Gasteiger partial charge in [0.25, 0.3) is 11.8 Å². The van der Waals surface area contributed by atoms with Gasteiger partial charge in [-0.2, -0.15) is 0 Å². The predicted molar refractivity (Wildman–Crippen MR) is 109 cm³/mol. The molecule has 0 N–H and O–H groups in total. The molecule has 11 heteroatoms. The molecule has 162 valence electrons. The zero-order valence-corrected chi connectivity index (χ0v) is 17.3. The Morgan fingerprint density at radius 1 is 1.03 bits per heavy atom. The quantitative estimate of drug-likeness (QED) is 0.614. The first-order valence-electron chi connectivity index (χ1n) is 9.95. The van der Waals surface area contributed by atoms with Gasteiger partial charge in [0, 0.05) is 50.0 Å². The first-order valence-corrected chi connectivity index (χ1v) is 10.8. The number of hydrogen-bond donors (Lipinski definition) is 0. The molecule has 0 atom stereocenters. The minimum Gasteiger partial charge on any atom is -0.348 e. The predicted octanol–water partition coefficient (Wildman–Crippen LogP) is 3.43. The molecule has 0 saturated carbocycles. The van der Waals surface area contributed by atoms with E-state index >= 15 is 0 Å². The van der Waals surface area contributed by atoms with Crippen LogP contribution in [-0.4, -0.2) is 56.1 Å². The molecule has 31 heavy (non-hydrogen) atoms. The Balaban J connectivity index is 1.31. The fourth-order valence-corrected chi connectivity index (χ4v) is 4.69. The number of amides is 1. The van der Waals surface area contributed by atoms with Crippen LogP contribution >= 0.6 is 11.3 Å². The van der Waals surface area contributed by atoms with Crippen molar-refractivity contribution < 1.29 is 18.0 Å². The summed E-state index contributed by atoms with van der Waals surface area (Å²) in [6.45, 7) is 1.82. The summed E-state index contributed by atoms with van der Waals surface area (Å²) in [5, 5.41) is 11.0. The minimum absolute atomic E-state index is 0.167. The highest BCUT2D eigenvalue weighted by Gasteiger charge is 2.35. The Morgan fingerprint density at radius 2 is 1.77 bits per heavy atom. The van der Waals surface area contributed by atoms with Crippen LogP contribution < -0.4 is 4.90 Å². The van der Waals surface area contributed by atoms with Crippen LogP contribution in [0.1, 0.15) is 29.0 Å². The van der Waals surface area contributed by atoms with Gasteiger partial charge in [-0.15, -0.1) is 21.5 Å². The largest absolute Gasteiger partial charge is 0.348 e. The third-order valence-corrected chi connectivity index (χ3v) is 6.52. The number of thiazole rings is 1. The SMILES string of the molecule is O=C(c1ccc(F)cc1)N1CCn2c(nnc2-c2csc(N3CCC(F)(F)CC3)n2)C1. The standard InChI is InChI=1S/C20H19F3N6OS/c21-14-3-1-13(2-4-14)18(30)28-9-10-29-16(11-28)25-26-17(29)15-12-31-19(24-15)27-7-5-20(22,23)6-8-27/h1-4,12H,5-11H2. The summed E-state index contributed by atoms with van der Waals surface area (Å²) in [7, 11) is 0. The lowest BCUT2D eigenvalue weighted by molar-refractivity contribution is -0.0220. The average Bonchev–Trinajstić information content (AvgIpc) is 3.40. The van der Waals surface area contributed by atoms with Gasteiger partial charge in [0.15, 0.2) is 16.8 Å². The smallest absolute Gasteiger partial charge is 0.254 e. The van der Waals surface area contributed by atoms with Crippen molar-refractivity contribution in [2.75, 3.05) is 24.5 Å². The number of alkyl halides is 2. The number of hydrogen-bond acceptors (Lipinski definition) is 6. The lowest BCUT2D eigenvalue weighted by Crippen LogP contribution is -2.39. The molecular formula is C20H19F3N6OS. The van der Waals surface area contributed by atoms with Crippen molar-refractivity contribution >= 4 is 22.4 Å². The molecule has 2 aromatic heterocycles. The number of fused-ring (bicyclic) bond motifs is 1. The first kappa shape index (κ1) is 20.0. The van der Waals surface area contributed by atoms with Crippen LogP contribution in [0, 0.1) is 5.82 Å². The number of halogens is 3. The molecule has 0 radical (unpaired) electrons. The van der Waals surface area contributed by atoms with E-state index in [1.807, 2.05) is 14.8 Å². The van der Waals surface area contributed by atoms with E-state index in [4.69, 9.17) is 0 Å². The van der Waals surface area contributed by atoms with Gasteiger partial charge in [-0.3, -0.25) is 4.79 Å². The summed E-state index contributed by atoms with van der Waals surface area (Å²) in [6.07, 6.45) is -0.333. The second-order valence-corrected chi connectivity index (χ2v) is 8.52. The summed E-state index contributed by atoms with van der Waals surface area (Å²) >= 11 is 1.40. The van der Waals surface area contributed by atoms with E-state index in [0.717, 1.165) is 0 Å². The van der Waals surface area contributed by atoms with E-state index in [2.05, 4.69) is 15.2 Å². The average molecular weight is 448 g/mol. The van der Waals surface area contributed by atoms with Crippen molar-refractivity contribution in [1.29, 1.82) is 0 Å². The van der Waals surface area contributed by atoms with Crippen LogP contribution in [0.2, 0.25) is 0 Å². The van der Waals surface area contributed by atoms with E-state index in [-0.39, 0.29) is 37.7 Å². The fraction of sp³-hybridized carbons (Fsp3) is 0.400. The Kier molecular flexibility index (Phi) is 4.92. The van der Waals surface area contributed by atoms with Crippen LogP contribution in [0.5, 0.6) is 0 Å². The highest BCUT2D eigenvalue weighted by Crippen LogP contribution is 2.33. The molecular weight excluding hydrogens is 429 g/mol. The van der Waals surface area contributed by atoms with Gasteiger partial charge in [-0.25, -0.2) is 18.2 Å². The zero-order valence-electron chi connectivity index (χ0n) is 16.5. The van der Waals surface area contributed by atoms with Crippen LogP contribution in [0.25, 0.3) is 11.5 Å². The molecule has 0 spiro atoms. The second kappa shape index (κ2) is 7.63. The fourth-order valence-electron chi connectivity index (χ4n) is 3.83. The van der Waals surface area contributed by atoms with Gasteiger partial charge in [0.1, 0.15) is 11.5 Å². The van der Waals surface area contributed by atoms with Gasteiger partial charge in [0.2, 0.25) is 0 Å². The number of aromatic nitrogens is 4. The van der Waals surface area contributed by atoms with Crippen LogP contribution in [0.3, 0.4) is 0 Å². The third-order valence-electron chi connectivity index (χ3n) is 5.62. The molecule has 0 bridgehead atoms. The topological polar surface area (TPSA) is 67.2 Å². The van der Waals surface area contributed by atoms with Crippen LogP contribution in [0.4, 0.5) is 18.3 Å². The van der Waals surface area contributed by atoms with E-state index in [1.54, 1.807) is 4.90 Å². The Hall–Kier alpha value is -2.95. The normalized spacial score (nSPS) is 18.2. The van der Waals surface area contributed by atoms with Gasteiger partial charge < -0.3 is 14.4 Å². The van der Waals surface area contributed by atoms with E-state index < -0.39 is 5.92 Å². The van der Waals surface area contributed by atoms with Crippen molar-refractivity contribution in [2.24, 2.45) is 0 Å². The molecule has 1 amide bonds. The number of benzene rings is 1. The summed E-state index contributed by atoms with van der Waals surface area (Å²) in [5.41, 5.74) is 1.07. The summed E-state index contributed by atoms with van der Waals surface area (Å²) in [6, 6.07) is 5.47. The van der Waals surface area contributed by atoms with E-state index in [1.165, 1.54) is 35.6 Å². The molecule has 4 heterocycles. The molecule has 2 aliphatic rings. The molecule has 1 saturated heterocycles. The second-order valence-electron chi connectivity index (χ2n) is 7.68. The van der Waals surface area contributed by atoms with Crippen LogP contribution in [0.15, 0.2) is 29.6 Å². The number of carbonyl (C=O) groups is 1. The maximum absolute atomic E-state index is 13.4. The maximum atomic E-state index is 13.4. The Bertz CT molecular complexity index is 1100. The van der Waals surface area contributed by atoms with Gasteiger partial charge in [-0.1, -0.05) is 0 Å². The van der Waals surface area contributed by atoms with Crippen molar-refractivity contribution in [3.63, 3.8) is 0 Å². The van der Waals surface area contributed by atoms with Crippen molar-refractivity contribution in [1.82, 2.24) is 24.6 Å². The monoisotopic (exact) mass is 448 g/mol. The first-order chi connectivity index (χ1) is 14.9. The third kappa shape index (κ3) is 3.89. The number of carbonyl (C=O) groups excluding carboxylic acids is 1. The molecule has 7 nitrogen and oxygen atoms in total. The van der Waals surface area contributed by atoms with E-state index in [9.17, 15) is 18.0 Å². The number of piperidine rings is 1. The number of anilines is 1. The molecule has 3 aromatic rings. The molecule has 5 rings (SSSR count). The molecule has 1 fully saturated rings. The number of nitrogens with zero attached hydrogens (tertiary/aromatic N) is 6. The summed E-state index contributed by atoms with van der Waals surface area (Å²) in [4.78, 5) is 20.8. The van der Waals surface area contributed by atoms with Gasteiger partial charge in [0.05, 0.1) is 6.54 Å². The van der Waals surface area contributed by atoms with Crippen molar-refractivity contribution in [3.05, 3.63) is 46.9 Å². The zero-order chi connectivity index (χ0) is 21.6. The van der Waals surface area contributed by atoms with E-state index in [0.29, 0.717) is 47.7 Å². The summed E-state index contributed by atoms with van der Waals surface area (Å²) < 4.78 is 41.9. The Morgan fingerprint density at radius 3 is 2.52 bits per heavy atom. The Labute approximate surface area is 180 Å². The lowest BCUT2D eigenvalue weighted by atomic mass is 10.1. The maximum Gasteiger partial charge on any atom is 0.254 e. The number of rotatable bonds is 3. The van der Waals surface area contributed by atoms with Crippen LogP contribution in [-0.2, 0) is 13.1 Å².